The molecule has 0 amide bonds. The van der Waals surface area contributed by atoms with E-state index in [0.29, 0.717) is 53.5 Å². The molecule has 1 fully saturated rings. The summed E-state index contributed by atoms with van der Waals surface area (Å²) in [6, 6.07) is 40.6. The van der Waals surface area contributed by atoms with E-state index in [9.17, 15) is 0 Å². The third-order valence-corrected chi connectivity index (χ3v) is 17.5. The van der Waals surface area contributed by atoms with Gasteiger partial charge in [-0.05, 0) is 144 Å². The van der Waals surface area contributed by atoms with E-state index in [1.165, 1.54) is 72.1 Å². The van der Waals surface area contributed by atoms with Gasteiger partial charge in [-0.15, -0.1) is 0 Å². The largest absolute Gasteiger partial charge is 0.357 e. The van der Waals surface area contributed by atoms with Crippen LogP contribution in [0.5, 0.6) is 0 Å². The first-order chi connectivity index (χ1) is 31.3. The molecule has 2 nitrogen and oxygen atoms in total. The van der Waals surface area contributed by atoms with Crippen molar-refractivity contribution in [2.75, 3.05) is 4.90 Å². The summed E-state index contributed by atoms with van der Waals surface area (Å²) in [5, 5.41) is 2.74. The summed E-state index contributed by atoms with van der Waals surface area (Å²) in [6.45, 7) is 21.7. The third-order valence-electron chi connectivity index (χ3n) is 17.5. The third kappa shape index (κ3) is 5.46. The molecular formula is C63H62N2. The second kappa shape index (κ2) is 13.6. The van der Waals surface area contributed by atoms with Gasteiger partial charge in [0.2, 0.25) is 0 Å². The second-order valence-electron chi connectivity index (χ2n) is 22.9. The molecule has 65 heavy (non-hydrogen) atoms. The molecule has 7 aliphatic rings. The van der Waals surface area contributed by atoms with Crippen LogP contribution in [0.25, 0.3) is 44.2 Å². The summed E-state index contributed by atoms with van der Waals surface area (Å²) in [7, 11) is 0. The van der Waals surface area contributed by atoms with Crippen molar-refractivity contribution in [1.29, 1.82) is 0 Å². The van der Waals surface area contributed by atoms with Gasteiger partial charge in [0.15, 0.2) is 0 Å². The SMILES string of the molecule is CC1C2=CC3C4C=C(C5=CCC(C(C)(C)C)C=C5)C=CC4N4c5ccccc5C5C(=C2c2c(cc6c7cc(-c8ccc(C(C)(C)C)cc8)ccc7n(-c7ccccc7)c6c2C1C)C5C)C34. The van der Waals surface area contributed by atoms with Gasteiger partial charge in [0.1, 0.15) is 0 Å². The van der Waals surface area contributed by atoms with Crippen molar-refractivity contribution < 1.29 is 0 Å². The Hall–Kier alpha value is -5.86. The Morgan fingerprint density at radius 2 is 1.37 bits per heavy atom. The summed E-state index contributed by atoms with van der Waals surface area (Å²) in [6.07, 6.45) is 19.1. The number of hydrogen-bond donors (Lipinski definition) is 0. The number of anilines is 1. The fourth-order valence-corrected chi connectivity index (χ4v) is 13.9. The minimum atomic E-state index is 0.117. The minimum absolute atomic E-state index is 0.117. The molecule has 324 valence electrons. The van der Waals surface area contributed by atoms with E-state index >= 15 is 0 Å². The molecule has 2 aliphatic heterocycles. The number of hydrogen-bond acceptors (Lipinski definition) is 1. The van der Waals surface area contributed by atoms with E-state index in [-0.39, 0.29) is 10.8 Å². The predicted molar refractivity (Wildman–Crippen MR) is 274 cm³/mol. The molecule has 0 bridgehead atoms. The van der Waals surface area contributed by atoms with E-state index in [4.69, 9.17) is 0 Å². The van der Waals surface area contributed by atoms with Crippen LogP contribution in [0, 0.1) is 29.1 Å². The molecule has 1 aromatic heterocycles. The molecule has 13 rings (SSSR count). The number of benzene rings is 5. The number of rotatable bonds is 3. The molecule has 6 aromatic rings. The lowest BCUT2D eigenvalue weighted by atomic mass is 9.55. The molecular weight excluding hydrogens is 785 g/mol. The standard InChI is InChI=1S/C63H62N2/c1-35-36(2)56-57-47(34-50-48-31-40(38-19-25-42(26-20-38)62(4,5)6)23-29-53(48)64(60(50)56)44-15-11-10-12-16-44)37(3)55-45-17-13-14-18-52(45)65-54-30-24-41(39-21-27-43(28-22-39)63(7,8)9)32-49(54)51-33-46(35)58(57)59(55)61(51)65/h10-27,29-37,43,49,51,54-55,61H,28H2,1-9H3. The summed E-state index contributed by atoms with van der Waals surface area (Å²) >= 11 is 0. The van der Waals surface area contributed by atoms with Gasteiger partial charge in [0.25, 0.3) is 0 Å². The Kier molecular flexibility index (Phi) is 8.27. The maximum atomic E-state index is 2.89. The van der Waals surface area contributed by atoms with Crippen LogP contribution in [-0.4, -0.2) is 16.7 Å². The van der Waals surface area contributed by atoms with Crippen molar-refractivity contribution in [3.8, 4) is 16.8 Å². The molecule has 1 saturated heterocycles. The van der Waals surface area contributed by atoms with E-state index in [0.717, 1.165) is 6.42 Å². The normalized spacial score (nSPS) is 28.2. The highest BCUT2D eigenvalue weighted by molar-refractivity contribution is 6.14. The number of fused-ring (bicyclic) bond motifs is 10. The zero-order valence-electron chi connectivity index (χ0n) is 39.7. The van der Waals surface area contributed by atoms with Crippen LogP contribution in [0.1, 0.15) is 114 Å². The molecule has 9 unspecified atom stereocenters. The second-order valence-corrected chi connectivity index (χ2v) is 22.9. The van der Waals surface area contributed by atoms with Gasteiger partial charge in [0, 0.05) is 39.9 Å². The predicted octanol–water partition coefficient (Wildman–Crippen LogP) is 15.9. The van der Waals surface area contributed by atoms with Crippen molar-refractivity contribution in [2.45, 2.75) is 104 Å². The van der Waals surface area contributed by atoms with Crippen molar-refractivity contribution in [3.05, 3.63) is 196 Å². The summed E-state index contributed by atoms with van der Waals surface area (Å²) in [5.41, 5.74) is 23.6. The monoisotopic (exact) mass is 846 g/mol. The fourth-order valence-electron chi connectivity index (χ4n) is 13.9. The van der Waals surface area contributed by atoms with Gasteiger partial charge in [0.05, 0.1) is 23.1 Å². The zero-order chi connectivity index (χ0) is 44.4. The molecule has 9 atom stereocenters. The molecule has 3 heterocycles. The van der Waals surface area contributed by atoms with Gasteiger partial charge in [-0.3, -0.25) is 0 Å². The Balaban J connectivity index is 1.04. The number of aromatic nitrogens is 1. The first kappa shape index (κ1) is 39.5. The minimum Gasteiger partial charge on any atom is -0.357 e. The summed E-state index contributed by atoms with van der Waals surface area (Å²) in [5.74, 6) is 2.78. The lowest BCUT2D eigenvalue weighted by molar-refractivity contribution is 0.293. The quantitative estimate of drug-likeness (QED) is 0.172. The topological polar surface area (TPSA) is 8.17 Å². The maximum absolute atomic E-state index is 2.89. The average molecular weight is 847 g/mol. The smallest absolute Gasteiger partial charge is 0.0593 e. The zero-order valence-corrected chi connectivity index (χ0v) is 39.7. The van der Waals surface area contributed by atoms with Crippen molar-refractivity contribution in [3.63, 3.8) is 0 Å². The van der Waals surface area contributed by atoms with E-state index in [1.807, 2.05) is 0 Å². The molecule has 0 radical (unpaired) electrons. The van der Waals surface area contributed by atoms with E-state index in [1.54, 1.807) is 27.8 Å². The molecule has 5 aliphatic carbocycles. The van der Waals surface area contributed by atoms with Crippen LogP contribution < -0.4 is 4.90 Å². The van der Waals surface area contributed by atoms with Crippen LogP contribution in [0.4, 0.5) is 5.69 Å². The highest BCUT2D eigenvalue weighted by Crippen LogP contribution is 2.67. The average Bonchev–Trinajstić information content (AvgIpc) is 3.82. The van der Waals surface area contributed by atoms with Crippen LogP contribution in [0.3, 0.4) is 0 Å². The van der Waals surface area contributed by atoms with Crippen molar-refractivity contribution in [1.82, 2.24) is 4.57 Å². The van der Waals surface area contributed by atoms with Crippen molar-refractivity contribution in [2.24, 2.45) is 29.1 Å². The lowest BCUT2D eigenvalue weighted by Crippen LogP contribution is -2.48. The van der Waals surface area contributed by atoms with Gasteiger partial charge < -0.3 is 9.47 Å². The first-order valence-corrected chi connectivity index (χ1v) is 24.7. The summed E-state index contributed by atoms with van der Waals surface area (Å²) < 4.78 is 2.63. The van der Waals surface area contributed by atoms with Crippen LogP contribution in [0.2, 0.25) is 0 Å². The Morgan fingerprint density at radius 3 is 2.11 bits per heavy atom. The molecule has 2 heteroatoms. The van der Waals surface area contributed by atoms with E-state index in [2.05, 4.69) is 217 Å². The lowest BCUT2D eigenvalue weighted by Gasteiger charge is -2.53. The maximum Gasteiger partial charge on any atom is 0.0593 e. The highest BCUT2D eigenvalue weighted by atomic mass is 15.2. The fraction of sp³-hybridized carbons (Fsp3) is 0.333. The van der Waals surface area contributed by atoms with Crippen molar-refractivity contribution >= 4 is 33.1 Å². The van der Waals surface area contributed by atoms with Crippen LogP contribution in [0.15, 0.2) is 168 Å². The number of nitrogens with zero attached hydrogens (tertiary/aromatic N) is 2. The highest BCUT2D eigenvalue weighted by Gasteiger charge is 2.59. The van der Waals surface area contributed by atoms with Gasteiger partial charge in [-0.2, -0.15) is 0 Å². The van der Waals surface area contributed by atoms with Crippen LogP contribution in [-0.2, 0) is 5.41 Å². The van der Waals surface area contributed by atoms with Gasteiger partial charge in [-0.1, -0.05) is 172 Å². The van der Waals surface area contributed by atoms with Crippen LogP contribution >= 0.6 is 0 Å². The molecule has 0 saturated carbocycles. The molecule has 0 N–H and O–H groups in total. The van der Waals surface area contributed by atoms with Gasteiger partial charge >= 0.3 is 0 Å². The number of para-hydroxylation sites is 2. The molecule has 0 spiro atoms. The Bertz CT molecular complexity index is 3210. The number of allylic oxidation sites excluding steroid dienone is 8. The first-order valence-electron chi connectivity index (χ1n) is 24.7. The van der Waals surface area contributed by atoms with E-state index < -0.39 is 0 Å². The Labute approximate surface area is 386 Å². The van der Waals surface area contributed by atoms with Gasteiger partial charge in [-0.25, -0.2) is 0 Å². The molecule has 5 aromatic carbocycles. The Morgan fingerprint density at radius 1 is 0.631 bits per heavy atom. The summed E-state index contributed by atoms with van der Waals surface area (Å²) in [4.78, 5) is 2.89.